The van der Waals surface area contributed by atoms with Crippen LogP contribution in [0.5, 0.6) is 0 Å². The molecule has 3 rings (SSSR count). The van der Waals surface area contributed by atoms with E-state index in [1.165, 1.54) is 0 Å². The van der Waals surface area contributed by atoms with E-state index >= 15 is 0 Å². The Labute approximate surface area is 120 Å². The minimum Gasteiger partial charge on any atom is -0.308 e. The summed E-state index contributed by atoms with van der Waals surface area (Å²) in [7, 11) is 0. The van der Waals surface area contributed by atoms with Crippen molar-refractivity contribution in [3.63, 3.8) is 0 Å². The highest BCUT2D eigenvalue weighted by Crippen LogP contribution is 2.41. The third-order valence-corrected chi connectivity index (χ3v) is 3.87. The van der Waals surface area contributed by atoms with Crippen LogP contribution in [-0.2, 0) is 0 Å². The van der Waals surface area contributed by atoms with Crippen molar-refractivity contribution in [2.75, 3.05) is 6.54 Å². The molecule has 6 heteroatoms. The molecule has 2 unspecified atom stereocenters. The van der Waals surface area contributed by atoms with Gasteiger partial charge in [-0.3, -0.25) is 0 Å². The Hall–Kier alpha value is -1.82. The Kier molecular flexibility index (Phi) is 3.71. The molecular formula is C15H16F3N3. The summed E-state index contributed by atoms with van der Waals surface area (Å²) in [6.07, 6.45) is -1.96. The number of hydrogen-bond donors (Lipinski definition) is 1. The maximum Gasteiger partial charge on any atom is 0.393 e. The van der Waals surface area contributed by atoms with Crippen LogP contribution in [0.3, 0.4) is 0 Å². The van der Waals surface area contributed by atoms with Gasteiger partial charge in [0.05, 0.1) is 23.3 Å². The zero-order chi connectivity index (χ0) is 14.9. The molecule has 0 spiro atoms. The summed E-state index contributed by atoms with van der Waals surface area (Å²) in [5, 5.41) is 7.19. The number of para-hydroxylation sites is 1. The monoisotopic (exact) mass is 295 g/mol. The molecule has 21 heavy (non-hydrogen) atoms. The number of nitrogens with one attached hydrogen (secondary N) is 1. The minimum absolute atomic E-state index is 0.154. The van der Waals surface area contributed by atoms with Gasteiger partial charge in [0.25, 0.3) is 0 Å². The Bertz CT molecular complexity index is 592. The zero-order valence-corrected chi connectivity index (χ0v) is 11.3. The van der Waals surface area contributed by atoms with E-state index in [-0.39, 0.29) is 6.42 Å². The van der Waals surface area contributed by atoms with Crippen molar-refractivity contribution in [1.29, 1.82) is 0 Å². The van der Waals surface area contributed by atoms with E-state index in [1.54, 1.807) is 16.9 Å². The second kappa shape index (κ2) is 5.52. The van der Waals surface area contributed by atoms with E-state index in [9.17, 15) is 13.2 Å². The lowest BCUT2D eigenvalue weighted by Crippen LogP contribution is -2.42. The Morgan fingerprint density at radius 3 is 2.62 bits per heavy atom. The standard InChI is InChI=1S/C15H16F3N3/c16-15(17,18)12-7-4-9-19-14(12)13-8-10-20-21(13)11-5-2-1-3-6-11/h1-3,5-6,8,10,12,14,19H,4,7,9H2. The fourth-order valence-electron chi connectivity index (χ4n) is 2.89. The maximum absolute atomic E-state index is 13.2. The van der Waals surface area contributed by atoms with E-state index in [0.717, 1.165) is 5.69 Å². The van der Waals surface area contributed by atoms with E-state index in [4.69, 9.17) is 0 Å². The molecule has 1 aromatic carbocycles. The highest BCUT2D eigenvalue weighted by atomic mass is 19.4. The van der Waals surface area contributed by atoms with Gasteiger partial charge in [-0.15, -0.1) is 0 Å². The number of alkyl halides is 3. The first-order valence-corrected chi connectivity index (χ1v) is 6.97. The molecule has 0 bridgehead atoms. The van der Waals surface area contributed by atoms with Crippen molar-refractivity contribution in [2.24, 2.45) is 5.92 Å². The molecule has 1 fully saturated rings. The Morgan fingerprint density at radius 1 is 1.14 bits per heavy atom. The normalized spacial score (nSPS) is 23.2. The van der Waals surface area contributed by atoms with E-state index in [1.807, 2.05) is 30.3 Å². The van der Waals surface area contributed by atoms with E-state index < -0.39 is 18.1 Å². The summed E-state index contributed by atoms with van der Waals surface area (Å²) in [6, 6.07) is 10.1. The second-order valence-electron chi connectivity index (χ2n) is 5.23. The van der Waals surface area contributed by atoms with Gasteiger partial charge < -0.3 is 5.32 Å². The van der Waals surface area contributed by atoms with Gasteiger partial charge in [0.15, 0.2) is 0 Å². The van der Waals surface area contributed by atoms with Crippen molar-refractivity contribution < 1.29 is 13.2 Å². The van der Waals surface area contributed by atoms with E-state index in [0.29, 0.717) is 18.7 Å². The van der Waals surface area contributed by atoms with Gasteiger partial charge in [-0.25, -0.2) is 4.68 Å². The van der Waals surface area contributed by atoms with Crippen LogP contribution in [0.1, 0.15) is 24.6 Å². The summed E-state index contributed by atoms with van der Waals surface area (Å²) >= 11 is 0. The predicted molar refractivity (Wildman–Crippen MR) is 73.1 cm³/mol. The van der Waals surface area contributed by atoms with Crippen LogP contribution in [0.2, 0.25) is 0 Å². The van der Waals surface area contributed by atoms with Crippen molar-refractivity contribution in [1.82, 2.24) is 15.1 Å². The lowest BCUT2D eigenvalue weighted by Gasteiger charge is -2.34. The van der Waals surface area contributed by atoms with E-state index in [2.05, 4.69) is 10.4 Å². The average Bonchev–Trinajstić information content (AvgIpc) is 2.96. The fourth-order valence-corrected chi connectivity index (χ4v) is 2.89. The maximum atomic E-state index is 13.2. The lowest BCUT2D eigenvalue weighted by molar-refractivity contribution is -0.189. The SMILES string of the molecule is FC(F)(F)C1CCCNC1c1ccnn1-c1ccccc1. The first kappa shape index (κ1) is 14.1. The summed E-state index contributed by atoms with van der Waals surface area (Å²) in [4.78, 5) is 0. The van der Waals surface area contributed by atoms with Crippen LogP contribution in [0.4, 0.5) is 13.2 Å². The van der Waals surface area contributed by atoms with Gasteiger partial charge in [-0.05, 0) is 37.6 Å². The molecule has 0 radical (unpaired) electrons. The Balaban J connectivity index is 1.98. The molecule has 3 nitrogen and oxygen atoms in total. The molecule has 2 heterocycles. The first-order valence-electron chi connectivity index (χ1n) is 6.97. The lowest BCUT2D eigenvalue weighted by atomic mass is 9.88. The van der Waals surface area contributed by atoms with Crippen LogP contribution >= 0.6 is 0 Å². The molecule has 1 saturated heterocycles. The number of benzene rings is 1. The molecule has 0 amide bonds. The van der Waals surface area contributed by atoms with Gasteiger partial charge >= 0.3 is 6.18 Å². The molecule has 1 aliphatic heterocycles. The minimum atomic E-state index is -4.20. The van der Waals surface area contributed by atoms with Gasteiger partial charge in [0, 0.05) is 6.20 Å². The largest absolute Gasteiger partial charge is 0.393 e. The summed E-state index contributed by atoms with van der Waals surface area (Å²) < 4.78 is 41.3. The molecule has 0 aliphatic carbocycles. The molecule has 2 aromatic rings. The molecule has 1 N–H and O–H groups in total. The average molecular weight is 295 g/mol. The number of nitrogens with zero attached hydrogens (tertiary/aromatic N) is 2. The first-order chi connectivity index (χ1) is 10.1. The third-order valence-electron chi connectivity index (χ3n) is 3.87. The van der Waals surface area contributed by atoms with Crippen molar-refractivity contribution in [3.05, 3.63) is 48.3 Å². The van der Waals surface area contributed by atoms with Crippen LogP contribution in [0.25, 0.3) is 5.69 Å². The van der Waals surface area contributed by atoms with Crippen LogP contribution in [-0.4, -0.2) is 22.5 Å². The van der Waals surface area contributed by atoms with Crippen LogP contribution < -0.4 is 5.32 Å². The van der Waals surface area contributed by atoms with Gasteiger partial charge in [-0.1, -0.05) is 18.2 Å². The number of aromatic nitrogens is 2. The van der Waals surface area contributed by atoms with Crippen molar-refractivity contribution >= 4 is 0 Å². The highest BCUT2D eigenvalue weighted by molar-refractivity contribution is 5.33. The molecule has 1 aromatic heterocycles. The molecule has 0 saturated carbocycles. The smallest absolute Gasteiger partial charge is 0.308 e. The quantitative estimate of drug-likeness (QED) is 0.919. The predicted octanol–water partition coefficient (Wildman–Crippen LogP) is 3.48. The molecule has 112 valence electrons. The number of rotatable bonds is 2. The summed E-state index contributed by atoms with van der Waals surface area (Å²) in [6.45, 7) is 0.594. The Morgan fingerprint density at radius 2 is 1.90 bits per heavy atom. The second-order valence-corrected chi connectivity index (χ2v) is 5.23. The number of hydrogen-bond acceptors (Lipinski definition) is 2. The van der Waals surface area contributed by atoms with Crippen molar-refractivity contribution in [2.45, 2.75) is 25.1 Å². The summed E-state index contributed by atoms with van der Waals surface area (Å²) in [5.74, 6) is -1.37. The molecule has 1 aliphatic rings. The van der Waals surface area contributed by atoms with Crippen LogP contribution in [0, 0.1) is 5.92 Å². The summed E-state index contributed by atoms with van der Waals surface area (Å²) in [5.41, 5.74) is 1.33. The highest BCUT2D eigenvalue weighted by Gasteiger charge is 2.47. The van der Waals surface area contributed by atoms with Gasteiger partial charge in [0.2, 0.25) is 0 Å². The molecular weight excluding hydrogens is 279 g/mol. The molecule has 2 atom stereocenters. The fraction of sp³-hybridized carbons (Fsp3) is 0.400. The van der Waals surface area contributed by atoms with Crippen LogP contribution in [0.15, 0.2) is 42.6 Å². The number of piperidine rings is 1. The van der Waals surface area contributed by atoms with Gasteiger partial charge in [0.1, 0.15) is 0 Å². The van der Waals surface area contributed by atoms with Crippen molar-refractivity contribution in [3.8, 4) is 5.69 Å². The zero-order valence-electron chi connectivity index (χ0n) is 11.3. The number of halogens is 3. The topological polar surface area (TPSA) is 29.9 Å². The van der Waals surface area contributed by atoms with Gasteiger partial charge in [-0.2, -0.15) is 18.3 Å². The third kappa shape index (κ3) is 2.81.